The maximum absolute atomic E-state index is 5.21. The molecule has 0 spiro atoms. The van der Waals surface area contributed by atoms with Crippen LogP contribution < -0.4 is 5.32 Å². The van der Waals surface area contributed by atoms with Gasteiger partial charge in [0, 0.05) is 36.8 Å². The second kappa shape index (κ2) is 10.3. The van der Waals surface area contributed by atoms with Crippen molar-refractivity contribution in [2.24, 2.45) is 0 Å². The first-order chi connectivity index (χ1) is 10.1. The maximum atomic E-state index is 5.21. The molecule has 0 saturated heterocycles. The van der Waals surface area contributed by atoms with Crippen molar-refractivity contribution < 1.29 is 4.74 Å². The molecule has 1 aromatic carbocycles. The number of hydrogen-bond acceptors (Lipinski definition) is 3. The molecule has 3 nitrogen and oxygen atoms in total. The molecule has 0 radical (unpaired) electrons. The van der Waals surface area contributed by atoms with Crippen molar-refractivity contribution in [2.75, 3.05) is 33.4 Å². The smallest absolute Gasteiger partial charge is 0.0589 e. The maximum Gasteiger partial charge on any atom is 0.0589 e. The Balaban J connectivity index is 2.65. The summed E-state index contributed by atoms with van der Waals surface area (Å²) < 4.78 is 6.36. The number of methoxy groups -OCH3 is 1. The molecule has 1 aromatic rings. The van der Waals surface area contributed by atoms with Crippen LogP contribution >= 0.6 is 15.9 Å². The minimum absolute atomic E-state index is 0.399. The number of hydrogen-bond donors (Lipinski definition) is 1. The molecule has 0 fully saturated rings. The first-order valence-electron chi connectivity index (χ1n) is 7.80. The summed E-state index contributed by atoms with van der Waals surface area (Å²) in [6, 6.07) is 9.54. The fourth-order valence-electron chi connectivity index (χ4n) is 2.49. The first kappa shape index (κ1) is 18.6. The number of nitrogens with zero attached hydrogens (tertiary/aromatic N) is 1. The van der Waals surface area contributed by atoms with Crippen LogP contribution in [0.1, 0.15) is 38.8 Å². The van der Waals surface area contributed by atoms with Gasteiger partial charge in [0.1, 0.15) is 0 Å². The van der Waals surface area contributed by atoms with Crippen LogP contribution in [0.4, 0.5) is 0 Å². The van der Waals surface area contributed by atoms with Gasteiger partial charge in [0.05, 0.1) is 6.61 Å². The molecule has 0 saturated carbocycles. The fraction of sp³-hybridized carbons (Fsp3) is 0.647. The third-order valence-corrected chi connectivity index (χ3v) is 4.21. The molecule has 0 aromatic heterocycles. The molecule has 1 N–H and O–H groups in total. The van der Waals surface area contributed by atoms with Crippen LogP contribution in [0.2, 0.25) is 0 Å². The normalized spacial score (nSPS) is 13.1. The average molecular weight is 357 g/mol. The standard InChI is InChI=1S/C17H29BrN2O/c1-5-19-17(15-7-6-8-16(18)13-15)9-10-20(14(2)3)11-12-21-4/h6-8,13-14,17,19H,5,9-12H2,1-4H3. The topological polar surface area (TPSA) is 24.5 Å². The zero-order valence-corrected chi connectivity index (χ0v) is 15.3. The Labute approximate surface area is 138 Å². The summed E-state index contributed by atoms with van der Waals surface area (Å²) in [5.74, 6) is 0. The third kappa shape index (κ3) is 6.92. The van der Waals surface area contributed by atoms with E-state index >= 15 is 0 Å². The molecule has 0 aliphatic carbocycles. The highest BCUT2D eigenvalue weighted by Gasteiger charge is 2.15. The molecular weight excluding hydrogens is 328 g/mol. The van der Waals surface area contributed by atoms with E-state index in [0.29, 0.717) is 12.1 Å². The third-order valence-electron chi connectivity index (χ3n) is 3.72. The van der Waals surface area contributed by atoms with Crippen LogP contribution in [0.3, 0.4) is 0 Å². The molecular formula is C17H29BrN2O. The summed E-state index contributed by atoms with van der Waals surface area (Å²) in [5, 5.41) is 3.60. The quantitative estimate of drug-likeness (QED) is 0.689. The second-order valence-corrected chi connectivity index (χ2v) is 6.49. The van der Waals surface area contributed by atoms with E-state index in [2.05, 4.69) is 71.2 Å². The lowest BCUT2D eigenvalue weighted by Crippen LogP contribution is -2.36. The van der Waals surface area contributed by atoms with Crippen LogP contribution in [-0.2, 0) is 4.74 Å². The minimum Gasteiger partial charge on any atom is -0.383 e. The van der Waals surface area contributed by atoms with Crippen LogP contribution in [0.5, 0.6) is 0 Å². The Kier molecular flexibility index (Phi) is 9.16. The van der Waals surface area contributed by atoms with Crippen LogP contribution in [0.15, 0.2) is 28.7 Å². The van der Waals surface area contributed by atoms with E-state index < -0.39 is 0 Å². The van der Waals surface area contributed by atoms with E-state index in [4.69, 9.17) is 4.74 Å². The lowest BCUT2D eigenvalue weighted by molar-refractivity contribution is 0.126. The van der Waals surface area contributed by atoms with Crippen molar-refractivity contribution in [3.8, 4) is 0 Å². The van der Waals surface area contributed by atoms with Gasteiger partial charge in [-0.25, -0.2) is 0 Å². The molecule has 0 heterocycles. The molecule has 1 unspecified atom stereocenters. The Morgan fingerprint density at radius 2 is 2.05 bits per heavy atom. The summed E-state index contributed by atoms with van der Waals surface area (Å²) >= 11 is 3.56. The average Bonchev–Trinajstić information content (AvgIpc) is 2.45. The van der Waals surface area contributed by atoms with Gasteiger partial charge in [-0.15, -0.1) is 0 Å². The first-order valence-corrected chi connectivity index (χ1v) is 8.59. The van der Waals surface area contributed by atoms with E-state index in [9.17, 15) is 0 Å². The van der Waals surface area contributed by atoms with Crippen molar-refractivity contribution in [3.63, 3.8) is 0 Å². The van der Waals surface area contributed by atoms with Gasteiger partial charge in [-0.2, -0.15) is 0 Å². The summed E-state index contributed by atoms with van der Waals surface area (Å²) in [4.78, 5) is 2.48. The van der Waals surface area contributed by atoms with E-state index in [-0.39, 0.29) is 0 Å². The lowest BCUT2D eigenvalue weighted by Gasteiger charge is -2.28. The van der Waals surface area contributed by atoms with Crippen molar-refractivity contribution >= 4 is 15.9 Å². The summed E-state index contributed by atoms with van der Waals surface area (Å²) in [7, 11) is 1.77. The van der Waals surface area contributed by atoms with Gasteiger partial charge in [0.2, 0.25) is 0 Å². The number of nitrogens with one attached hydrogen (secondary N) is 1. The van der Waals surface area contributed by atoms with E-state index in [1.165, 1.54) is 5.56 Å². The van der Waals surface area contributed by atoms with Gasteiger partial charge >= 0.3 is 0 Å². The zero-order chi connectivity index (χ0) is 15.7. The van der Waals surface area contributed by atoms with Crippen molar-refractivity contribution in [2.45, 2.75) is 39.3 Å². The Hall–Kier alpha value is -0.420. The van der Waals surface area contributed by atoms with Crippen LogP contribution in [0, 0.1) is 0 Å². The van der Waals surface area contributed by atoms with Gasteiger partial charge in [-0.05, 0) is 44.5 Å². The molecule has 0 amide bonds. The molecule has 21 heavy (non-hydrogen) atoms. The SMILES string of the molecule is CCNC(CCN(CCOC)C(C)C)c1cccc(Br)c1. The summed E-state index contributed by atoms with van der Waals surface area (Å²) in [6.07, 6.45) is 1.10. The van der Waals surface area contributed by atoms with Crippen molar-refractivity contribution in [3.05, 3.63) is 34.3 Å². The highest BCUT2D eigenvalue weighted by atomic mass is 79.9. The van der Waals surface area contributed by atoms with Gasteiger partial charge in [-0.3, -0.25) is 4.90 Å². The largest absolute Gasteiger partial charge is 0.383 e. The van der Waals surface area contributed by atoms with Crippen LogP contribution in [0.25, 0.3) is 0 Å². The second-order valence-electron chi connectivity index (χ2n) is 5.58. The highest BCUT2D eigenvalue weighted by Crippen LogP contribution is 2.21. The fourth-order valence-corrected chi connectivity index (χ4v) is 2.90. The monoisotopic (exact) mass is 356 g/mol. The van der Waals surface area contributed by atoms with Gasteiger partial charge in [0.25, 0.3) is 0 Å². The Morgan fingerprint density at radius 1 is 1.29 bits per heavy atom. The van der Waals surface area contributed by atoms with Gasteiger partial charge in [-0.1, -0.05) is 35.0 Å². The zero-order valence-electron chi connectivity index (χ0n) is 13.7. The molecule has 0 bridgehead atoms. The summed E-state index contributed by atoms with van der Waals surface area (Å²) in [6.45, 7) is 10.5. The molecule has 120 valence electrons. The lowest BCUT2D eigenvalue weighted by atomic mass is 10.0. The molecule has 4 heteroatoms. The van der Waals surface area contributed by atoms with Crippen LogP contribution in [-0.4, -0.2) is 44.3 Å². The predicted molar refractivity (Wildman–Crippen MR) is 93.8 cm³/mol. The van der Waals surface area contributed by atoms with Gasteiger partial charge in [0.15, 0.2) is 0 Å². The molecule has 0 aliphatic heterocycles. The van der Waals surface area contributed by atoms with E-state index in [1.807, 2.05) is 0 Å². The van der Waals surface area contributed by atoms with Crippen molar-refractivity contribution in [1.29, 1.82) is 0 Å². The predicted octanol–water partition coefficient (Wildman–Crippen LogP) is 3.85. The van der Waals surface area contributed by atoms with Gasteiger partial charge < -0.3 is 10.1 Å². The number of benzene rings is 1. The van der Waals surface area contributed by atoms with E-state index in [0.717, 1.165) is 37.1 Å². The molecule has 1 atom stereocenters. The minimum atomic E-state index is 0.399. The van der Waals surface area contributed by atoms with Crippen molar-refractivity contribution in [1.82, 2.24) is 10.2 Å². The number of ether oxygens (including phenoxy) is 1. The Bertz CT molecular complexity index is 398. The highest BCUT2D eigenvalue weighted by molar-refractivity contribution is 9.10. The molecule has 1 rings (SSSR count). The molecule has 0 aliphatic rings. The number of rotatable bonds is 10. The van der Waals surface area contributed by atoms with E-state index in [1.54, 1.807) is 7.11 Å². The summed E-state index contributed by atoms with van der Waals surface area (Å²) in [5.41, 5.74) is 1.35. The number of halogens is 1. The Morgan fingerprint density at radius 3 is 2.62 bits per heavy atom.